The van der Waals surface area contributed by atoms with E-state index in [2.05, 4.69) is 15.5 Å². The molecule has 5 atom stereocenters. The molecule has 3 heterocycles. The molecule has 0 aliphatic carbocycles. The number of amides is 2. The molecular formula is C26H38N4O6S. The number of nitrogens with one attached hydrogen (secondary N) is 2. The predicted octanol–water partition coefficient (Wildman–Crippen LogP) is 0.959. The zero-order chi connectivity index (χ0) is 26.9. The molecule has 11 heteroatoms. The Morgan fingerprint density at radius 2 is 1.78 bits per heavy atom. The van der Waals surface area contributed by atoms with Crippen molar-refractivity contribution in [2.75, 3.05) is 37.2 Å². The van der Waals surface area contributed by atoms with Gasteiger partial charge in [0.15, 0.2) is 21.5 Å². The summed E-state index contributed by atoms with van der Waals surface area (Å²) in [5, 5.41) is 5.98. The van der Waals surface area contributed by atoms with Gasteiger partial charge in [0.05, 0.1) is 17.7 Å². The number of ketones is 1. The van der Waals surface area contributed by atoms with E-state index in [9.17, 15) is 22.8 Å². The Hall–Kier alpha value is -2.34. The van der Waals surface area contributed by atoms with Crippen LogP contribution in [0.5, 0.6) is 0 Å². The number of benzene rings is 1. The van der Waals surface area contributed by atoms with Crippen LogP contribution in [0, 0.1) is 5.92 Å². The number of Topliss-reactive ketones (excluding diaryl/α,β-unsaturated/α-hetero) is 1. The van der Waals surface area contributed by atoms with E-state index in [1.165, 1.54) is 6.26 Å². The molecular weight excluding hydrogens is 496 g/mol. The molecule has 2 amide bonds. The van der Waals surface area contributed by atoms with Crippen molar-refractivity contribution in [2.24, 2.45) is 5.92 Å². The van der Waals surface area contributed by atoms with Gasteiger partial charge in [0, 0.05) is 56.2 Å². The van der Waals surface area contributed by atoms with Gasteiger partial charge in [0.1, 0.15) is 0 Å². The zero-order valence-electron chi connectivity index (χ0n) is 22.0. The first-order valence-corrected chi connectivity index (χ1v) is 15.0. The Bertz CT molecular complexity index is 1130. The van der Waals surface area contributed by atoms with Crippen molar-refractivity contribution in [3.05, 3.63) is 29.8 Å². The van der Waals surface area contributed by atoms with Crippen molar-refractivity contribution in [1.29, 1.82) is 0 Å². The molecule has 0 aromatic heterocycles. The van der Waals surface area contributed by atoms with Crippen molar-refractivity contribution in [3.63, 3.8) is 0 Å². The van der Waals surface area contributed by atoms with E-state index >= 15 is 0 Å². The lowest BCUT2D eigenvalue weighted by atomic mass is 9.88. The lowest BCUT2D eigenvalue weighted by Gasteiger charge is -2.41. The van der Waals surface area contributed by atoms with E-state index in [-0.39, 0.29) is 36.1 Å². The summed E-state index contributed by atoms with van der Waals surface area (Å²) < 4.78 is 28.4. The van der Waals surface area contributed by atoms with Gasteiger partial charge >= 0.3 is 0 Å². The summed E-state index contributed by atoms with van der Waals surface area (Å²) in [6.45, 7) is 4.84. The van der Waals surface area contributed by atoms with Crippen LogP contribution in [0.15, 0.2) is 24.3 Å². The summed E-state index contributed by atoms with van der Waals surface area (Å²) in [6, 6.07) is 7.16. The third kappa shape index (κ3) is 6.05. The highest BCUT2D eigenvalue weighted by molar-refractivity contribution is 7.90. The molecule has 2 N–H and O–H groups in total. The van der Waals surface area contributed by atoms with Crippen LogP contribution in [-0.4, -0.2) is 93.5 Å². The average molecular weight is 535 g/mol. The summed E-state index contributed by atoms with van der Waals surface area (Å²) in [6.07, 6.45) is 4.49. The summed E-state index contributed by atoms with van der Waals surface area (Å²) >= 11 is 0. The predicted molar refractivity (Wildman–Crippen MR) is 140 cm³/mol. The number of piperidine rings is 1. The first-order chi connectivity index (χ1) is 17.5. The molecule has 0 saturated carbocycles. The number of anilines is 1. The van der Waals surface area contributed by atoms with Crippen molar-refractivity contribution in [2.45, 2.75) is 69.8 Å². The maximum absolute atomic E-state index is 13.3. The van der Waals surface area contributed by atoms with Crippen LogP contribution in [0.1, 0.15) is 49.9 Å². The number of ether oxygens (including phenoxy) is 1. The smallest absolute Gasteiger partial charge is 0.247 e. The van der Waals surface area contributed by atoms with Gasteiger partial charge in [-0.3, -0.25) is 19.3 Å². The monoisotopic (exact) mass is 534 g/mol. The Morgan fingerprint density at radius 3 is 2.38 bits per heavy atom. The fraction of sp³-hybridized carbons (Fsp3) is 0.654. The number of carbonyl (C=O) groups excluding carboxylic acids is 3. The number of fused-ring (bicyclic) bond motifs is 3. The minimum atomic E-state index is -3.10. The van der Waals surface area contributed by atoms with Crippen molar-refractivity contribution in [3.8, 4) is 0 Å². The highest BCUT2D eigenvalue weighted by Crippen LogP contribution is 2.37. The van der Waals surface area contributed by atoms with E-state index in [1.807, 2.05) is 13.8 Å². The summed E-state index contributed by atoms with van der Waals surface area (Å²) in [7, 11) is -1.48. The van der Waals surface area contributed by atoms with Crippen molar-refractivity contribution >= 4 is 33.1 Å². The number of hydrogen-bond donors (Lipinski definition) is 2. The first kappa shape index (κ1) is 27.7. The number of methoxy groups -OCH3 is 1. The molecule has 3 aliphatic heterocycles. The summed E-state index contributed by atoms with van der Waals surface area (Å²) in [5.74, 6) is -2.90. The number of carbonyl (C=O) groups is 3. The third-order valence-electron chi connectivity index (χ3n) is 7.67. The standard InChI is InChI=1S/C26H38N4O6S/c1-16(2)30-22-8-6-5-7-21(22)24(31)23(26(30)33)25(32)28-17-11-18-9-10-19(12-17)29(18)14-20(36-3)13-27-15-37(4,34)35/h5-8,16-20,23,27H,9-15H2,1-4H3,(H,28,32)/t17?,18-,19+,20?,23?. The topological polar surface area (TPSA) is 125 Å². The van der Waals surface area contributed by atoms with Crippen LogP contribution >= 0.6 is 0 Å². The number of rotatable bonds is 10. The molecule has 1 aromatic carbocycles. The molecule has 2 bridgehead atoms. The van der Waals surface area contributed by atoms with Gasteiger partial charge in [0.2, 0.25) is 11.8 Å². The highest BCUT2D eigenvalue weighted by Gasteiger charge is 2.47. The average Bonchev–Trinajstić information content (AvgIpc) is 3.04. The third-order valence-corrected chi connectivity index (χ3v) is 8.40. The number of hydrogen-bond acceptors (Lipinski definition) is 8. The zero-order valence-corrected chi connectivity index (χ0v) is 22.8. The molecule has 204 valence electrons. The molecule has 0 spiro atoms. The van der Waals surface area contributed by atoms with Crippen LogP contribution in [-0.2, 0) is 24.2 Å². The van der Waals surface area contributed by atoms with Gasteiger partial charge in [-0.2, -0.15) is 0 Å². The molecule has 0 radical (unpaired) electrons. The minimum absolute atomic E-state index is 0.0921. The van der Waals surface area contributed by atoms with Crippen molar-refractivity contribution in [1.82, 2.24) is 15.5 Å². The van der Waals surface area contributed by atoms with E-state index in [0.29, 0.717) is 24.3 Å². The Balaban J connectivity index is 1.39. The number of sulfone groups is 1. The normalized spacial score (nSPS) is 26.9. The Morgan fingerprint density at radius 1 is 1.14 bits per heavy atom. The minimum Gasteiger partial charge on any atom is -0.379 e. The lowest BCUT2D eigenvalue weighted by molar-refractivity contribution is -0.132. The molecule has 2 saturated heterocycles. The van der Waals surface area contributed by atoms with Crippen LogP contribution < -0.4 is 15.5 Å². The summed E-state index contributed by atoms with van der Waals surface area (Å²) in [5.41, 5.74) is 0.961. The van der Waals surface area contributed by atoms with Crippen LogP contribution in [0.4, 0.5) is 5.69 Å². The van der Waals surface area contributed by atoms with Crippen LogP contribution in [0.25, 0.3) is 0 Å². The second-order valence-electron chi connectivity index (χ2n) is 10.8. The molecule has 3 unspecified atom stereocenters. The fourth-order valence-electron chi connectivity index (χ4n) is 6.02. The molecule has 10 nitrogen and oxygen atoms in total. The Labute approximate surface area is 219 Å². The molecule has 4 rings (SSSR count). The Kier molecular flexibility index (Phi) is 8.37. The molecule has 37 heavy (non-hydrogen) atoms. The maximum atomic E-state index is 13.3. The quantitative estimate of drug-likeness (QED) is 0.425. The van der Waals surface area contributed by atoms with E-state index in [0.717, 1.165) is 25.7 Å². The van der Waals surface area contributed by atoms with E-state index in [4.69, 9.17) is 4.74 Å². The van der Waals surface area contributed by atoms with E-state index in [1.54, 1.807) is 36.3 Å². The summed E-state index contributed by atoms with van der Waals surface area (Å²) in [4.78, 5) is 43.8. The highest BCUT2D eigenvalue weighted by atomic mass is 32.2. The van der Waals surface area contributed by atoms with Gasteiger partial charge in [0.25, 0.3) is 0 Å². The maximum Gasteiger partial charge on any atom is 0.247 e. The molecule has 2 fully saturated rings. The van der Waals surface area contributed by atoms with Crippen LogP contribution in [0.3, 0.4) is 0 Å². The molecule has 1 aromatic rings. The second kappa shape index (κ2) is 11.2. The van der Waals surface area contributed by atoms with Gasteiger partial charge in [-0.1, -0.05) is 12.1 Å². The fourth-order valence-corrected chi connectivity index (χ4v) is 6.51. The number of para-hydroxylation sites is 1. The van der Waals surface area contributed by atoms with Gasteiger partial charge in [-0.05, 0) is 51.7 Å². The number of nitrogens with zero attached hydrogens (tertiary/aromatic N) is 2. The molecule has 3 aliphatic rings. The van der Waals surface area contributed by atoms with Gasteiger partial charge in [-0.15, -0.1) is 0 Å². The van der Waals surface area contributed by atoms with Crippen molar-refractivity contribution < 1.29 is 27.5 Å². The van der Waals surface area contributed by atoms with Gasteiger partial charge < -0.3 is 20.3 Å². The SMILES string of the molecule is COC(CNCS(C)(=O)=O)CN1[C@@H]2CC[C@H]1CC(NC(=O)C1C(=O)c3ccccc3N(C(C)C)C1=O)C2. The lowest BCUT2D eigenvalue weighted by Crippen LogP contribution is -2.57. The second-order valence-corrected chi connectivity index (χ2v) is 12.9. The van der Waals surface area contributed by atoms with Gasteiger partial charge in [-0.25, -0.2) is 8.42 Å². The largest absolute Gasteiger partial charge is 0.379 e. The van der Waals surface area contributed by atoms with E-state index < -0.39 is 33.4 Å². The van der Waals surface area contributed by atoms with Crippen LogP contribution in [0.2, 0.25) is 0 Å². The first-order valence-electron chi connectivity index (χ1n) is 12.9.